The fourth-order valence-electron chi connectivity index (χ4n) is 7.31. The van der Waals surface area contributed by atoms with E-state index in [1.165, 1.54) is 64.2 Å². The van der Waals surface area contributed by atoms with Gasteiger partial charge in [0.2, 0.25) is 0 Å². The molecule has 0 saturated heterocycles. The van der Waals surface area contributed by atoms with E-state index in [0.29, 0.717) is 324 Å². The van der Waals surface area contributed by atoms with Gasteiger partial charge in [-0.1, -0.05) is 71.1 Å². The van der Waals surface area contributed by atoms with Gasteiger partial charge >= 0.3 is 0 Å². The molecule has 0 aromatic rings. The molecule has 0 aromatic heterocycles. The Morgan fingerprint density at radius 3 is 0.348 bits per heavy atom. The molecule has 89 heavy (non-hydrogen) atoms. The van der Waals surface area contributed by atoms with Gasteiger partial charge in [-0.25, -0.2) is 0 Å². The Morgan fingerprint density at radius 1 is 0.124 bits per heavy atom. The standard InChI is InChI=1S/C63H128O26/c1-2-3-4-5-6-7-8-9-10-11-12-14-65-16-18-67-20-22-69-24-26-71-28-30-73-32-34-75-36-38-77-40-42-79-44-46-81-48-50-83-52-54-85-56-58-87-60-62-89-63-61-88-59-57-86-55-53-84-51-49-82-47-45-80-43-41-78-39-37-76-35-33-74-31-29-72-27-25-70-23-21-68-19-17-66-15-13-64/h64H,2-63H2,1H3. The first-order valence-electron chi connectivity index (χ1n) is 33.5. The first-order chi connectivity index (χ1) is 44.4. The van der Waals surface area contributed by atoms with Crippen LogP contribution in [0.3, 0.4) is 0 Å². The van der Waals surface area contributed by atoms with Crippen molar-refractivity contribution in [3.8, 4) is 0 Å². The summed E-state index contributed by atoms with van der Waals surface area (Å²) in [6, 6.07) is 0. The zero-order chi connectivity index (χ0) is 63.5. The van der Waals surface area contributed by atoms with Gasteiger partial charge in [0.15, 0.2) is 0 Å². The van der Waals surface area contributed by atoms with Crippen molar-refractivity contribution >= 4 is 0 Å². The molecule has 0 amide bonds. The highest BCUT2D eigenvalue weighted by atomic mass is 16.6. The van der Waals surface area contributed by atoms with Crippen molar-refractivity contribution < 1.29 is 124 Å². The van der Waals surface area contributed by atoms with E-state index in [4.69, 9.17) is 124 Å². The van der Waals surface area contributed by atoms with Gasteiger partial charge in [-0.15, -0.1) is 0 Å². The minimum absolute atomic E-state index is 0.0181. The predicted octanol–water partition coefficient (Wildman–Crippen LogP) is 4.70. The summed E-state index contributed by atoms with van der Waals surface area (Å²) in [7, 11) is 0. The smallest absolute Gasteiger partial charge is 0.0701 e. The van der Waals surface area contributed by atoms with Crippen molar-refractivity contribution in [1.29, 1.82) is 0 Å². The lowest BCUT2D eigenvalue weighted by Crippen LogP contribution is -2.16. The maximum absolute atomic E-state index is 8.62. The Balaban J connectivity index is 3.08. The van der Waals surface area contributed by atoms with Gasteiger partial charge in [0.1, 0.15) is 0 Å². The van der Waals surface area contributed by atoms with Crippen molar-refractivity contribution in [1.82, 2.24) is 0 Å². The summed E-state index contributed by atoms with van der Waals surface area (Å²) in [5.74, 6) is 0. The highest BCUT2D eigenvalue weighted by molar-refractivity contribution is 4.49. The molecule has 0 aliphatic carbocycles. The second kappa shape index (κ2) is 87.0. The second-order valence-electron chi connectivity index (χ2n) is 19.6. The molecule has 26 heteroatoms. The molecule has 0 aliphatic heterocycles. The maximum atomic E-state index is 8.62. The first kappa shape index (κ1) is 88.0. The molecule has 0 saturated carbocycles. The van der Waals surface area contributed by atoms with Crippen LogP contribution >= 0.6 is 0 Å². The number of rotatable bonds is 86. The minimum Gasteiger partial charge on any atom is -0.394 e. The largest absolute Gasteiger partial charge is 0.394 e. The van der Waals surface area contributed by atoms with Gasteiger partial charge in [0, 0.05) is 6.61 Å². The SMILES string of the molecule is CCCCCCCCCCCCCOCCOCCOCCOCCOCCOCCOCCOCCOCCOCCOCCOCCOCCOCCOCCOCCOCCOCCOCCOCCOCCOCCOCCOCCOCCO. The first-order valence-corrected chi connectivity index (χ1v) is 33.5. The molecule has 0 aromatic carbocycles. The zero-order valence-corrected chi connectivity index (χ0v) is 55.5. The van der Waals surface area contributed by atoms with E-state index in [-0.39, 0.29) is 6.61 Å². The van der Waals surface area contributed by atoms with Crippen molar-refractivity contribution in [2.45, 2.75) is 77.6 Å². The molecule has 0 bridgehead atoms. The monoisotopic (exact) mass is 1300 g/mol. The van der Waals surface area contributed by atoms with E-state index >= 15 is 0 Å². The average Bonchev–Trinajstić information content (AvgIpc) is 3.54. The lowest BCUT2D eigenvalue weighted by atomic mass is 10.1. The third-order valence-corrected chi connectivity index (χ3v) is 12.1. The predicted molar refractivity (Wildman–Crippen MR) is 334 cm³/mol. The molecule has 26 nitrogen and oxygen atoms in total. The summed E-state index contributed by atoms with van der Waals surface area (Å²) in [5, 5.41) is 8.62. The quantitative estimate of drug-likeness (QED) is 0.0810. The highest BCUT2D eigenvalue weighted by Crippen LogP contribution is 2.11. The minimum atomic E-state index is 0.0181. The van der Waals surface area contributed by atoms with Gasteiger partial charge in [-0.05, 0) is 6.42 Å². The molecule has 0 atom stereocenters. The number of unbranched alkanes of at least 4 members (excludes halogenated alkanes) is 10. The molecule has 0 rings (SSSR count). The van der Waals surface area contributed by atoms with Crippen LogP contribution in [0.1, 0.15) is 77.6 Å². The summed E-state index contributed by atoms with van der Waals surface area (Å²) in [6.45, 7) is 27.5. The van der Waals surface area contributed by atoms with Crippen LogP contribution in [0.25, 0.3) is 0 Å². The Kier molecular flexibility index (Phi) is 85.9. The van der Waals surface area contributed by atoms with Crippen molar-refractivity contribution in [3.63, 3.8) is 0 Å². The normalized spacial score (nSPS) is 11.8. The number of hydrogen-bond acceptors (Lipinski definition) is 26. The summed E-state index contributed by atoms with van der Waals surface area (Å²) >= 11 is 0. The lowest BCUT2D eigenvalue weighted by Gasteiger charge is -2.09. The average molecular weight is 1300 g/mol. The number of hydrogen-bond donors (Lipinski definition) is 1. The third kappa shape index (κ3) is 87.0. The van der Waals surface area contributed by atoms with Crippen LogP contribution in [0, 0.1) is 0 Å². The summed E-state index contributed by atoms with van der Waals surface area (Å²) in [4.78, 5) is 0. The topological polar surface area (TPSA) is 251 Å². The maximum Gasteiger partial charge on any atom is 0.0701 e. The van der Waals surface area contributed by atoms with Gasteiger partial charge in [-0.3, -0.25) is 0 Å². The van der Waals surface area contributed by atoms with Crippen LogP contribution in [0.4, 0.5) is 0 Å². The van der Waals surface area contributed by atoms with Crippen LogP contribution < -0.4 is 0 Å². The molecule has 0 heterocycles. The Bertz CT molecular complexity index is 1110. The van der Waals surface area contributed by atoms with E-state index in [9.17, 15) is 0 Å². The van der Waals surface area contributed by atoms with Gasteiger partial charge in [0.25, 0.3) is 0 Å². The van der Waals surface area contributed by atoms with E-state index in [2.05, 4.69) is 6.92 Å². The summed E-state index contributed by atoms with van der Waals surface area (Å²) in [5.41, 5.74) is 0. The van der Waals surface area contributed by atoms with Crippen LogP contribution in [0.5, 0.6) is 0 Å². The molecule has 536 valence electrons. The Labute approximate surface area is 536 Å². The van der Waals surface area contributed by atoms with Crippen LogP contribution in [0.15, 0.2) is 0 Å². The van der Waals surface area contributed by atoms with Gasteiger partial charge in [-0.2, -0.15) is 0 Å². The molecule has 0 spiro atoms. The molecule has 0 unspecified atom stereocenters. The summed E-state index contributed by atoms with van der Waals surface area (Å²) in [6.07, 6.45) is 14.8. The Hall–Kier alpha value is -1.04. The number of aliphatic hydroxyl groups is 1. The zero-order valence-electron chi connectivity index (χ0n) is 55.5. The molecule has 0 radical (unpaired) electrons. The Morgan fingerprint density at radius 2 is 0.225 bits per heavy atom. The molecule has 1 N–H and O–H groups in total. The van der Waals surface area contributed by atoms with E-state index in [1.54, 1.807) is 0 Å². The van der Waals surface area contributed by atoms with Crippen molar-refractivity contribution in [2.24, 2.45) is 0 Å². The van der Waals surface area contributed by atoms with Crippen LogP contribution in [-0.2, 0) is 118 Å². The molecule has 0 fully saturated rings. The lowest BCUT2D eigenvalue weighted by molar-refractivity contribution is -0.0321. The van der Waals surface area contributed by atoms with E-state index in [0.717, 1.165) is 13.0 Å². The number of ether oxygens (including phenoxy) is 25. The van der Waals surface area contributed by atoms with Crippen molar-refractivity contribution in [2.75, 3.05) is 337 Å². The highest BCUT2D eigenvalue weighted by Gasteiger charge is 2.02. The summed E-state index contributed by atoms with van der Waals surface area (Å²) < 4.78 is 138. The molecular weight excluding hydrogens is 1170 g/mol. The van der Waals surface area contributed by atoms with Crippen molar-refractivity contribution in [3.05, 3.63) is 0 Å². The number of aliphatic hydroxyl groups excluding tert-OH is 1. The van der Waals surface area contributed by atoms with E-state index < -0.39 is 0 Å². The van der Waals surface area contributed by atoms with Gasteiger partial charge in [0.05, 0.1) is 330 Å². The molecular formula is C63H128O26. The van der Waals surface area contributed by atoms with Crippen LogP contribution in [0.2, 0.25) is 0 Å². The third-order valence-electron chi connectivity index (χ3n) is 12.1. The van der Waals surface area contributed by atoms with Gasteiger partial charge < -0.3 is 124 Å². The second-order valence-corrected chi connectivity index (χ2v) is 19.6. The van der Waals surface area contributed by atoms with E-state index in [1.807, 2.05) is 0 Å². The fraction of sp³-hybridized carbons (Fsp3) is 1.00. The fourth-order valence-corrected chi connectivity index (χ4v) is 7.31. The molecule has 0 aliphatic rings. The van der Waals surface area contributed by atoms with Crippen LogP contribution in [-0.4, -0.2) is 342 Å².